The molecule has 0 fully saturated rings. The van der Waals surface area contributed by atoms with Crippen LogP contribution < -0.4 is 5.30 Å². The minimum Gasteiger partial charge on any atom is -0.344 e. The van der Waals surface area contributed by atoms with Crippen LogP contribution in [0.4, 0.5) is 0 Å². The Kier molecular flexibility index (Phi) is 4.87. The van der Waals surface area contributed by atoms with Gasteiger partial charge in [-0.2, -0.15) is 0 Å². The first-order valence-electron chi connectivity index (χ1n) is 8.11. The van der Waals surface area contributed by atoms with Crippen LogP contribution in [0.5, 0.6) is 0 Å². The average molecular weight is 315 g/mol. The fourth-order valence-corrected chi connectivity index (χ4v) is 6.26. The number of hydrogen-bond donors (Lipinski definition) is 0. The van der Waals surface area contributed by atoms with E-state index in [-0.39, 0.29) is 5.54 Å². The number of benzene rings is 1. The molecule has 0 radical (unpaired) electrons. The van der Waals surface area contributed by atoms with Crippen LogP contribution in [-0.2, 0) is 0 Å². The Balaban J connectivity index is 2.44. The van der Waals surface area contributed by atoms with Crippen molar-refractivity contribution in [1.82, 2.24) is 4.67 Å². The molecule has 2 heteroatoms. The Morgan fingerprint density at radius 2 is 1.55 bits per heavy atom. The van der Waals surface area contributed by atoms with Gasteiger partial charge in [0.2, 0.25) is 0 Å². The van der Waals surface area contributed by atoms with Crippen molar-refractivity contribution in [2.75, 3.05) is 0 Å². The van der Waals surface area contributed by atoms with E-state index in [1.807, 2.05) is 0 Å². The normalized spacial score (nSPS) is 19.8. The number of hydrogen-bond acceptors (Lipinski definition) is 1. The van der Waals surface area contributed by atoms with Gasteiger partial charge in [0.05, 0.1) is 8.07 Å². The van der Waals surface area contributed by atoms with Crippen LogP contribution in [0, 0.1) is 5.41 Å². The van der Waals surface area contributed by atoms with Crippen LogP contribution in [0.1, 0.15) is 54.9 Å². The lowest BCUT2D eigenvalue weighted by Crippen LogP contribution is -2.42. The molecule has 1 aromatic rings. The summed E-state index contributed by atoms with van der Waals surface area (Å²) in [5.41, 5.74) is 1.81. The number of allylic oxidation sites excluding steroid dienone is 3. The molecule has 0 aromatic heterocycles. The summed E-state index contributed by atoms with van der Waals surface area (Å²) in [6, 6.07) is 11.0. The quantitative estimate of drug-likeness (QED) is 0.614. The van der Waals surface area contributed by atoms with Gasteiger partial charge < -0.3 is 4.67 Å². The minimum atomic E-state index is -0.441. The summed E-state index contributed by atoms with van der Waals surface area (Å²) in [5, 5.41) is 2.93. The van der Waals surface area contributed by atoms with Crippen LogP contribution in [0.3, 0.4) is 0 Å². The third-order valence-electron chi connectivity index (χ3n) is 3.90. The van der Waals surface area contributed by atoms with Gasteiger partial charge in [-0.05, 0) is 50.4 Å². The van der Waals surface area contributed by atoms with E-state index in [1.54, 1.807) is 0 Å². The molecule has 1 aliphatic heterocycles. The molecule has 0 bridgehead atoms. The van der Waals surface area contributed by atoms with Crippen LogP contribution in [0.15, 0.2) is 53.5 Å². The molecule has 0 aliphatic carbocycles. The topological polar surface area (TPSA) is 3.24 Å². The third-order valence-corrected chi connectivity index (χ3v) is 6.57. The highest BCUT2D eigenvalue weighted by Gasteiger charge is 2.36. The van der Waals surface area contributed by atoms with Crippen molar-refractivity contribution in [2.24, 2.45) is 5.41 Å². The average Bonchev–Trinajstić information content (AvgIpc) is 2.36. The minimum absolute atomic E-state index is 0.135. The number of rotatable bonds is 3. The smallest absolute Gasteiger partial charge is 0.0505 e. The van der Waals surface area contributed by atoms with Crippen LogP contribution in [0.2, 0.25) is 0 Å². The maximum atomic E-state index is 2.63. The first-order valence-corrected chi connectivity index (χ1v) is 9.41. The Labute approximate surface area is 137 Å². The predicted molar refractivity (Wildman–Crippen MR) is 101 cm³/mol. The second-order valence-corrected chi connectivity index (χ2v) is 10.5. The van der Waals surface area contributed by atoms with Gasteiger partial charge in [-0.1, -0.05) is 57.2 Å². The van der Waals surface area contributed by atoms with Crippen LogP contribution in [0.25, 0.3) is 0 Å². The molecule has 2 rings (SSSR count). The molecular formula is C20H30NP. The van der Waals surface area contributed by atoms with Crippen molar-refractivity contribution in [1.29, 1.82) is 0 Å². The largest absolute Gasteiger partial charge is 0.344 e. The summed E-state index contributed by atoms with van der Waals surface area (Å²) in [7, 11) is -0.441. The van der Waals surface area contributed by atoms with E-state index in [4.69, 9.17) is 0 Å². The van der Waals surface area contributed by atoms with Crippen molar-refractivity contribution in [3.05, 3.63) is 53.5 Å². The lowest BCUT2D eigenvalue weighted by molar-refractivity contribution is 0.197. The Morgan fingerprint density at radius 3 is 2.09 bits per heavy atom. The second kappa shape index (κ2) is 6.20. The molecule has 0 N–H and O–H groups in total. The van der Waals surface area contributed by atoms with E-state index >= 15 is 0 Å². The van der Waals surface area contributed by atoms with Gasteiger partial charge in [0, 0.05) is 17.0 Å². The lowest BCUT2D eigenvalue weighted by Gasteiger charge is -2.48. The molecule has 0 saturated heterocycles. The zero-order valence-corrected chi connectivity index (χ0v) is 16.0. The molecule has 120 valence electrons. The molecular weight excluding hydrogens is 285 g/mol. The Hall–Kier alpha value is -1.07. The second-order valence-electron chi connectivity index (χ2n) is 8.20. The van der Waals surface area contributed by atoms with E-state index < -0.39 is 8.07 Å². The SMILES string of the molecule is CC1=CN(C(C)(C)CC(C)(C)C)P(c2ccccc2)C(C)=C1. The molecule has 22 heavy (non-hydrogen) atoms. The van der Waals surface area contributed by atoms with Gasteiger partial charge in [0.1, 0.15) is 0 Å². The van der Waals surface area contributed by atoms with Gasteiger partial charge in [-0.25, -0.2) is 0 Å². The zero-order chi connectivity index (χ0) is 16.5. The molecule has 1 heterocycles. The van der Waals surface area contributed by atoms with E-state index in [9.17, 15) is 0 Å². The maximum Gasteiger partial charge on any atom is 0.0505 e. The van der Waals surface area contributed by atoms with Gasteiger partial charge in [-0.3, -0.25) is 0 Å². The zero-order valence-electron chi connectivity index (χ0n) is 15.1. The van der Waals surface area contributed by atoms with E-state index in [0.717, 1.165) is 0 Å². The van der Waals surface area contributed by atoms with Crippen molar-refractivity contribution < 1.29 is 0 Å². The fourth-order valence-electron chi connectivity index (χ4n) is 3.57. The summed E-state index contributed by atoms with van der Waals surface area (Å²) in [6.07, 6.45) is 5.89. The highest BCUT2D eigenvalue weighted by molar-refractivity contribution is 7.67. The summed E-state index contributed by atoms with van der Waals surface area (Å²) in [6.45, 7) is 16.3. The van der Waals surface area contributed by atoms with E-state index in [2.05, 4.69) is 95.7 Å². The first kappa shape index (κ1) is 17.3. The lowest BCUT2D eigenvalue weighted by atomic mass is 9.82. The van der Waals surface area contributed by atoms with Gasteiger partial charge in [0.25, 0.3) is 0 Å². The molecule has 0 amide bonds. The monoisotopic (exact) mass is 315 g/mol. The van der Waals surface area contributed by atoms with Gasteiger partial charge >= 0.3 is 0 Å². The molecule has 1 aliphatic rings. The van der Waals surface area contributed by atoms with Crippen LogP contribution >= 0.6 is 8.07 Å². The fraction of sp³-hybridized carbons (Fsp3) is 0.500. The maximum absolute atomic E-state index is 2.63. The summed E-state index contributed by atoms with van der Waals surface area (Å²) >= 11 is 0. The summed E-state index contributed by atoms with van der Waals surface area (Å²) in [4.78, 5) is 0. The Bertz CT molecular complexity index is 575. The molecule has 1 aromatic carbocycles. The van der Waals surface area contributed by atoms with Crippen molar-refractivity contribution >= 4 is 13.4 Å². The van der Waals surface area contributed by atoms with Crippen molar-refractivity contribution in [2.45, 2.75) is 60.4 Å². The Morgan fingerprint density at radius 1 is 0.955 bits per heavy atom. The summed E-state index contributed by atoms with van der Waals surface area (Å²) < 4.78 is 2.63. The molecule has 1 nitrogen and oxygen atoms in total. The first-order chi connectivity index (χ1) is 10.1. The van der Waals surface area contributed by atoms with Gasteiger partial charge in [-0.15, -0.1) is 0 Å². The third kappa shape index (κ3) is 4.02. The predicted octanol–water partition coefficient (Wildman–Crippen LogP) is 6.05. The summed E-state index contributed by atoms with van der Waals surface area (Å²) in [5.74, 6) is 0. The molecule has 0 spiro atoms. The van der Waals surface area contributed by atoms with Crippen molar-refractivity contribution in [3.63, 3.8) is 0 Å². The van der Waals surface area contributed by atoms with Crippen molar-refractivity contribution in [3.8, 4) is 0 Å². The molecule has 1 atom stereocenters. The highest BCUT2D eigenvalue weighted by Crippen LogP contribution is 2.55. The number of nitrogens with zero attached hydrogens (tertiary/aromatic N) is 1. The highest BCUT2D eigenvalue weighted by atomic mass is 31.1. The molecule has 0 saturated carbocycles. The van der Waals surface area contributed by atoms with E-state index in [1.165, 1.54) is 22.6 Å². The van der Waals surface area contributed by atoms with E-state index in [0.29, 0.717) is 5.41 Å². The van der Waals surface area contributed by atoms with Crippen LogP contribution in [-0.4, -0.2) is 10.2 Å². The van der Waals surface area contributed by atoms with Gasteiger partial charge in [0.15, 0.2) is 0 Å². The molecule has 1 unspecified atom stereocenters. The standard InChI is InChI=1S/C20H30NP/c1-16-13-17(2)22(18-11-9-8-10-12-18)21(14-16)20(6,7)15-19(3,4)5/h8-14H,15H2,1-7H3.